The van der Waals surface area contributed by atoms with Gasteiger partial charge in [-0.25, -0.2) is 8.78 Å². The van der Waals surface area contributed by atoms with E-state index in [0.29, 0.717) is 0 Å². The van der Waals surface area contributed by atoms with Crippen molar-refractivity contribution in [1.82, 2.24) is 0 Å². The van der Waals surface area contributed by atoms with Gasteiger partial charge in [0.2, 0.25) is 0 Å². The second-order valence-electron chi connectivity index (χ2n) is 5.55. The summed E-state index contributed by atoms with van der Waals surface area (Å²) in [5.41, 5.74) is 9.35. The zero-order chi connectivity index (χ0) is 15.0. The molecule has 0 radical (unpaired) electrons. The van der Waals surface area contributed by atoms with Crippen LogP contribution in [-0.2, 0) is 13.0 Å². The normalized spacial score (nSPS) is 15.1. The van der Waals surface area contributed by atoms with Crippen molar-refractivity contribution in [2.24, 2.45) is 5.73 Å². The molecular formula is C17H18F2N2. The standard InChI is InChI=1S/C17H18F2N2/c1-11(20)12-5-6-17-13(9-12)7-8-21(17)10-14-15(18)3-2-4-16(14)19/h2-6,9,11H,7-8,10,20H2,1H3. The van der Waals surface area contributed by atoms with E-state index in [-0.39, 0.29) is 18.2 Å². The average molecular weight is 288 g/mol. The summed E-state index contributed by atoms with van der Waals surface area (Å²) in [5, 5.41) is 0. The van der Waals surface area contributed by atoms with Crippen molar-refractivity contribution >= 4 is 5.69 Å². The highest BCUT2D eigenvalue weighted by Crippen LogP contribution is 2.32. The molecule has 1 atom stereocenters. The Kier molecular flexibility index (Phi) is 3.64. The Hall–Kier alpha value is -1.94. The lowest BCUT2D eigenvalue weighted by molar-refractivity contribution is 0.551. The molecule has 110 valence electrons. The van der Waals surface area contributed by atoms with Crippen LogP contribution in [0.5, 0.6) is 0 Å². The Bertz CT molecular complexity index is 648. The second kappa shape index (κ2) is 5.45. The molecule has 0 amide bonds. The first-order valence-corrected chi connectivity index (χ1v) is 7.12. The van der Waals surface area contributed by atoms with Crippen molar-refractivity contribution < 1.29 is 8.78 Å². The molecule has 0 bridgehead atoms. The topological polar surface area (TPSA) is 29.3 Å². The lowest BCUT2D eigenvalue weighted by atomic mass is 10.0. The summed E-state index contributed by atoms with van der Waals surface area (Å²) in [4.78, 5) is 2.02. The van der Waals surface area contributed by atoms with Gasteiger partial charge in [-0.1, -0.05) is 18.2 Å². The molecule has 1 aliphatic heterocycles. The quantitative estimate of drug-likeness (QED) is 0.936. The lowest BCUT2D eigenvalue weighted by Crippen LogP contribution is -2.21. The summed E-state index contributed by atoms with van der Waals surface area (Å²) in [6.45, 7) is 2.97. The molecule has 0 fully saturated rings. The Morgan fingerprint density at radius 1 is 1.19 bits per heavy atom. The summed E-state index contributed by atoms with van der Waals surface area (Å²) in [5.74, 6) is -0.980. The van der Waals surface area contributed by atoms with Crippen LogP contribution in [0.2, 0.25) is 0 Å². The molecule has 0 saturated carbocycles. The van der Waals surface area contributed by atoms with E-state index in [2.05, 4.69) is 6.07 Å². The highest BCUT2D eigenvalue weighted by atomic mass is 19.1. The molecule has 2 aromatic rings. The molecule has 2 N–H and O–H groups in total. The lowest BCUT2D eigenvalue weighted by Gasteiger charge is -2.20. The fraction of sp³-hybridized carbons (Fsp3) is 0.294. The molecule has 0 spiro atoms. The molecule has 3 rings (SSSR count). The fourth-order valence-corrected chi connectivity index (χ4v) is 2.81. The van der Waals surface area contributed by atoms with E-state index in [9.17, 15) is 8.78 Å². The predicted octanol–water partition coefficient (Wildman–Crippen LogP) is 3.55. The third kappa shape index (κ3) is 2.63. The number of hydrogen-bond donors (Lipinski definition) is 1. The van der Waals surface area contributed by atoms with E-state index in [1.165, 1.54) is 23.8 Å². The number of benzene rings is 2. The maximum atomic E-state index is 13.8. The molecule has 0 aliphatic carbocycles. The fourth-order valence-electron chi connectivity index (χ4n) is 2.81. The predicted molar refractivity (Wildman–Crippen MR) is 80.2 cm³/mol. The monoisotopic (exact) mass is 288 g/mol. The van der Waals surface area contributed by atoms with Gasteiger partial charge in [-0.2, -0.15) is 0 Å². The minimum Gasteiger partial charge on any atom is -0.366 e. The molecule has 21 heavy (non-hydrogen) atoms. The Morgan fingerprint density at radius 3 is 2.57 bits per heavy atom. The second-order valence-corrected chi connectivity index (χ2v) is 5.55. The van der Waals surface area contributed by atoms with Crippen LogP contribution < -0.4 is 10.6 Å². The summed E-state index contributed by atoms with van der Waals surface area (Å²) in [7, 11) is 0. The van der Waals surface area contributed by atoms with Crippen LogP contribution in [-0.4, -0.2) is 6.54 Å². The number of hydrogen-bond acceptors (Lipinski definition) is 2. The van der Waals surface area contributed by atoms with Crippen LogP contribution in [0, 0.1) is 11.6 Å². The summed E-state index contributed by atoms with van der Waals surface area (Å²) >= 11 is 0. The summed E-state index contributed by atoms with van der Waals surface area (Å²) < 4.78 is 27.5. The highest BCUT2D eigenvalue weighted by molar-refractivity contribution is 5.59. The van der Waals surface area contributed by atoms with Gasteiger partial charge < -0.3 is 10.6 Å². The van der Waals surface area contributed by atoms with Crippen LogP contribution >= 0.6 is 0 Å². The number of anilines is 1. The molecule has 1 unspecified atom stereocenters. The molecular weight excluding hydrogens is 270 g/mol. The van der Waals surface area contributed by atoms with Gasteiger partial charge in [0.25, 0.3) is 0 Å². The van der Waals surface area contributed by atoms with Gasteiger partial charge in [-0.05, 0) is 42.7 Å². The van der Waals surface area contributed by atoms with Crippen LogP contribution in [0.3, 0.4) is 0 Å². The first kappa shape index (κ1) is 14.0. The van der Waals surface area contributed by atoms with Gasteiger partial charge in [0.15, 0.2) is 0 Å². The van der Waals surface area contributed by atoms with Crippen LogP contribution in [0.15, 0.2) is 36.4 Å². The maximum Gasteiger partial charge on any atom is 0.131 e. The number of nitrogens with zero attached hydrogens (tertiary/aromatic N) is 1. The van der Waals surface area contributed by atoms with Crippen molar-refractivity contribution in [2.75, 3.05) is 11.4 Å². The van der Waals surface area contributed by atoms with E-state index >= 15 is 0 Å². The summed E-state index contributed by atoms with van der Waals surface area (Å²) in [6, 6.07) is 10.1. The molecule has 1 aliphatic rings. The third-order valence-corrected chi connectivity index (χ3v) is 4.03. The van der Waals surface area contributed by atoms with Crippen LogP contribution in [0.4, 0.5) is 14.5 Å². The minimum absolute atomic E-state index is 0.00615. The number of fused-ring (bicyclic) bond motifs is 1. The zero-order valence-corrected chi connectivity index (χ0v) is 11.9. The van der Waals surface area contributed by atoms with Crippen molar-refractivity contribution in [3.8, 4) is 0 Å². The van der Waals surface area contributed by atoms with E-state index in [1.54, 1.807) is 0 Å². The van der Waals surface area contributed by atoms with Crippen LogP contribution in [0.1, 0.15) is 29.7 Å². The molecule has 0 aromatic heterocycles. The Balaban J connectivity index is 1.88. The van der Waals surface area contributed by atoms with Crippen molar-refractivity contribution in [3.63, 3.8) is 0 Å². The van der Waals surface area contributed by atoms with Gasteiger partial charge in [0.05, 0.1) is 0 Å². The number of rotatable bonds is 3. The molecule has 4 heteroatoms. The number of halogens is 2. The molecule has 1 heterocycles. The van der Waals surface area contributed by atoms with E-state index < -0.39 is 11.6 Å². The first-order chi connectivity index (χ1) is 10.1. The largest absolute Gasteiger partial charge is 0.366 e. The molecule has 2 nitrogen and oxygen atoms in total. The van der Waals surface area contributed by atoms with Gasteiger partial charge >= 0.3 is 0 Å². The minimum atomic E-state index is -0.490. The highest BCUT2D eigenvalue weighted by Gasteiger charge is 2.22. The average Bonchev–Trinajstić information content (AvgIpc) is 2.85. The van der Waals surface area contributed by atoms with Gasteiger partial charge in [0.1, 0.15) is 11.6 Å². The number of nitrogens with two attached hydrogens (primary N) is 1. The first-order valence-electron chi connectivity index (χ1n) is 7.12. The zero-order valence-electron chi connectivity index (χ0n) is 11.9. The van der Waals surface area contributed by atoms with Crippen LogP contribution in [0.25, 0.3) is 0 Å². The SMILES string of the molecule is CC(N)c1ccc2c(c1)CCN2Cc1c(F)cccc1F. The molecule has 0 saturated heterocycles. The smallest absolute Gasteiger partial charge is 0.131 e. The molecule has 2 aromatic carbocycles. The van der Waals surface area contributed by atoms with Crippen molar-refractivity contribution in [1.29, 1.82) is 0 Å². The third-order valence-electron chi connectivity index (χ3n) is 4.03. The maximum absolute atomic E-state index is 13.8. The van der Waals surface area contributed by atoms with Gasteiger partial charge in [0, 0.05) is 30.4 Å². The van der Waals surface area contributed by atoms with Gasteiger partial charge in [-0.15, -0.1) is 0 Å². The van der Waals surface area contributed by atoms with Crippen molar-refractivity contribution in [2.45, 2.75) is 25.9 Å². The van der Waals surface area contributed by atoms with Gasteiger partial charge in [-0.3, -0.25) is 0 Å². The van der Waals surface area contributed by atoms with Crippen molar-refractivity contribution in [3.05, 3.63) is 64.7 Å². The summed E-state index contributed by atoms with van der Waals surface area (Å²) in [6.07, 6.45) is 0.881. The Morgan fingerprint density at radius 2 is 1.90 bits per heavy atom. The van der Waals surface area contributed by atoms with E-state index in [0.717, 1.165) is 24.2 Å². The van der Waals surface area contributed by atoms with E-state index in [4.69, 9.17) is 5.73 Å². The van der Waals surface area contributed by atoms with E-state index in [1.807, 2.05) is 24.0 Å². The Labute approximate surface area is 123 Å².